The average Bonchev–Trinajstić information content (AvgIpc) is 3.09. The quantitative estimate of drug-likeness (QED) is 0.554. The number of benzene rings is 2. The van der Waals surface area contributed by atoms with Gasteiger partial charge in [0.25, 0.3) is 0 Å². The first-order valence-corrected chi connectivity index (χ1v) is 11.4. The lowest BCUT2D eigenvalue weighted by atomic mass is 9.64. The normalized spacial score (nSPS) is 29.5. The molecule has 1 aliphatic heterocycles. The van der Waals surface area contributed by atoms with Gasteiger partial charge in [-0.1, -0.05) is 48.5 Å². The van der Waals surface area contributed by atoms with Crippen LogP contribution in [0, 0.1) is 5.41 Å². The zero-order chi connectivity index (χ0) is 23.7. The molecular weight excluding hydrogens is 433 g/mol. The van der Waals surface area contributed by atoms with Crippen LogP contribution < -0.4 is 0 Å². The van der Waals surface area contributed by atoms with Crippen molar-refractivity contribution < 1.29 is 32.5 Å². The van der Waals surface area contributed by atoms with E-state index in [9.17, 15) is 23.1 Å². The molecule has 1 saturated carbocycles. The maximum absolute atomic E-state index is 13.9. The molecule has 2 aromatic carbocycles. The molecule has 1 heterocycles. The molecule has 2 aliphatic rings. The lowest BCUT2D eigenvalue weighted by molar-refractivity contribution is -0.191. The molecule has 2 aromatic rings. The number of ether oxygens (including phenoxy) is 2. The summed E-state index contributed by atoms with van der Waals surface area (Å²) in [7, 11) is 0. The Kier molecular flexibility index (Phi) is 6.56. The summed E-state index contributed by atoms with van der Waals surface area (Å²) in [6.45, 7) is 1.85. The Morgan fingerprint density at radius 3 is 2.55 bits per heavy atom. The molecule has 1 aliphatic carbocycles. The van der Waals surface area contributed by atoms with Gasteiger partial charge in [-0.15, -0.1) is 0 Å². The highest BCUT2D eigenvalue weighted by Crippen LogP contribution is 2.60. The number of rotatable bonds is 6. The first-order chi connectivity index (χ1) is 15.7. The molecule has 4 nitrogen and oxygen atoms in total. The Morgan fingerprint density at radius 1 is 1.12 bits per heavy atom. The van der Waals surface area contributed by atoms with E-state index < -0.39 is 41.8 Å². The standard InChI is InChI=1S/C26H29F3O4/c1-2-32-23(31)15-24-16-25(17-26(27,28)29,33-22(24)13-7-12-21(24)30)20-11-6-10-19(14-20)18-8-4-3-5-9-18/h3-6,8-11,14,21-22,30H,2,7,12-13,15-17H2,1H3/t21-,22+,24-,25+/m1/s1. The van der Waals surface area contributed by atoms with Gasteiger partial charge in [0.2, 0.25) is 0 Å². The van der Waals surface area contributed by atoms with Crippen molar-refractivity contribution in [2.45, 2.75) is 69.4 Å². The van der Waals surface area contributed by atoms with Gasteiger partial charge >= 0.3 is 12.1 Å². The third kappa shape index (κ3) is 4.80. The monoisotopic (exact) mass is 462 g/mol. The van der Waals surface area contributed by atoms with Crippen LogP contribution in [-0.4, -0.2) is 36.1 Å². The van der Waals surface area contributed by atoms with Crippen LogP contribution in [-0.2, 0) is 19.9 Å². The van der Waals surface area contributed by atoms with Crippen molar-refractivity contribution >= 4 is 5.97 Å². The maximum atomic E-state index is 13.9. The van der Waals surface area contributed by atoms with Crippen LogP contribution in [0.25, 0.3) is 11.1 Å². The number of carbonyl (C=O) groups is 1. The summed E-state index contributed by atoms with van der Waals surface area (Å²) in [4.78, 5) is 12.5. The van der Waals surface area contributed by atoms with Crippen LogP contribution in [0.15, 0.2) is 54.6 Å². The van der Waals surface area contributed by atoms with Gasteiger partial charge in [-0.05, 0) is 55.4 Å². The summed E-state index contributed by atoms with van der Waals surface area (Å²) >= 11 is 0. The molecule has 178 valence electrons. The number of aliphatic hydroxyl groups excluding tert-OH is 1. The van der Waals surface area contributed by atoms with Gasteiger partial charge in [0.05, 0.1) is 31.7 Å². The Labute approximate surface area is 191 Å². The van der Waals surface area contributed by atoms with Crippen LogP contribution in [0.4, 0.5) is 13.2 Å². The summed E-state index contributed by atoms with van der Waals surface area (Å²) in [5.41, 5.74) is -0.721. The maximum Gasteiger partial charge on any atom is 0.392 e. The van der Waals surface area contributed by atoms with Crippen molar-refractivity contribution in [1.29, 1.82) is 0 Å². The second-order valence-electron chi connectivity index (χ2n) is 9.18. The van der Waals surface area contributed by atoms with Crippen LogP contribution in [0.1, 0.15) is 51.0 Å². The average molecular weight is 463 g/mol. The van der Waals surface area contributed by atoms with E-state index >= 15 is 0 Å². The molecule has 0 spiro atoms. The first-order valence-electron chi connectivity index (χ1n) is 11.4. The highest BCUT2D eigenvalue weighted by molar-refractivity contribution is 5.71. The number of fused-ring (bicyclic) bond motifs is 1. The molecule has 1 saturated heterocycles. The van der Waals surface area contributed by atoms with Crippen molar-refractivity contribution in [3.05, 3.63) is 60.2 Å². The predicted octanol–water partition coefficient (Wildman–Crippen LogP) is 5.77. The largest absolute Gasteiger partial charge is 0.466 e. The van der Waals surface area contributed by atoms with Crippen molar-refractivity contribution in [2.24, 2.45) is 5.41 Å². The molecule has 1 N–H and O–H groups in total. The third-order valence-corrected chi connectivity index (χ3v) is 6.99. The van der Waals surface area contributed by atoms with E-state index in [1.807, 2.05) is 36.4 Å². The molecule has 2 fully saturated rings. The number of alkyl halides is 3. The van der Waals surface area contributed by atoms with Crippen LogP contribution in [0.3, 0.4) is 0 Å². The van der Waals surface area contributed by atoms with Gasteiger partial charge in [0.15, 0.2) is 0 Å². The topological polar surface area (TPSA) is 55.8 Å². The number of carbonyl (C=O) groups excluding carboxylic acids is 1. The summed E-state index contributed by atoms with van der Waals surface area (Å²) < 4.78 is 53.1. The SMILES string of the molecule is CCOC(=O)C[C@]12C[C@](CC(F)(F)F)(c3cccc(-c4ccccc4)c3)O[C@H]1CCC[C@H]2O. The van der Waals surface area contributed by atoms with E-state index in [-0.39, 0.29) is 19.4 Å². The minimum Gasteiger partial charge on any atom is -0.466 e. The van der Waals surface area contributed by atoms with Crippen molar-refractivity contribution in [3.63, 3.8) is 0 Å². The second-order valence-corrected chi connectivity index (χ2v) is 9.18. The third-order valence-electron chi connectivity index (χ3n) is 6.99. The lowest BCUT2D eigenvalue weighted by Crippen LogP contribution is -2.47. The predicted molar refractivity (Wildman–Crippen MR) is 117 cm³/mol. The molecule has 7 heteroatoms. The Bertz CT molecular complexity index is 977. The number of halogens is 3. The number of esters is 1. The summed E-state index contributed by atoms with van der Waals surface area (Å²) in [6, 6.07) is 16.4. The highest BCUT2D eigenvalue weighted by Gasteiger charge is 2.63. The Balaban J connectivity index is 1.79. The van der Waals surface area contributed by atoms with Crippen molar-refractivity contribution in [2.75, 3.05) is 6.61 Å². The van der Waals surface area contributed by atoms with Gasteiger partial charge in [0, 0.05) is 5.41 Å². The molecule has 0 aromatic heterocycles. The van der Waals surface area contributed by atoms with Crippen molar-refractivity contribution in [3.8, 4) is 11.1 Å². The van der Waals surface area contributed by atoms with Gasteiger partial charge in [-0.25, -0.2) is 0 Å². The van der Waals surface area contributed by atoms with Gasteiger partial charge in [0.1, 0.15) is 5.60 Å². The fourth-order valence-corrected chi connectivity index (χ4v) is 5.63. The fourth-order valence-electron chi connectivity index (χ4n) is 5.63. The zero-order valence-electron chi connectivity index (χ0n) is 18.6. The Hall–Kier alpha value is -2.38. The minimum absolute atomic E-state index is 0.0948. The Morgan fingerprint density at radius 2 is 1.85 bits per heavy atom. The molecule has 0 bridgehead atoms. The lowest BCUT2D eigenvalue weighted by Gasteiger charge is -2.41. The number of hydrogen-bond donors (Lipinski definition) is 1. The molecular formula is C26H29F3O4. The van der Waals surface area contributed by atoms with Gasteiger partial charge in [-0.3, -0.25) is 4.79 Å². The van der Waals surface area contributed by atoms with Gasteiger partial charge in [-0.2, -0.15) is 13.2 Å². The molecule has 4 rings (SSSR count). The smallest absolute Gasteiger partial charge is 0.392 e. The molecule has 33 heavy (non-hydrogen) atoms. The van der Waals surface area contributed by atoms with E-state index in [0.717, 1.165) is 11.1 Å². The van der Waals surface area contributed by atoms with E-state index in [1.165, 1.54) is 0 Å². The molecule has 0 radical (unpaired) electrons. The summed E-state index contributed by atoms with van der Waals surface area (Å²) in [5.74, 6) is -0.520. The second kappa shape index (κ2) is 9.11. The summed E-state index contributed by atoms with van der Waals surface area (Å²) in [6.07, 6.45) is -5.99. The molecule has 4 atom stereocenters. The van der Waals surface area contributed by atoms with Crippen molar-refractivity contribution in [1.82, 2.24) is 0 Å². The zero-order valence-corrected chi connectivity index (χ0v) is 18.6. The fraction of sp³-hybridized carbons (Fsp3) is 0.500. The first kappa shape index (κ1) is 23.8. The van der Waals surface area contributed by atoms with E-state index in [2.05, 4.69) is 0 Å². The number of hydrogen-bond acceptors (Lipinski definition) is 4. The van der Waals surface area contributed by atoms with Gasteiger partial charge < -0.3 is 14.6 Å². The summed E-state index contributed by atoms with van der Waals surface area (Å²) in [5, 5.41) is 11.0. The number of aliphatic hydroxyl groups is 1. The minimum atomic E-state index is -4.49. The highest BCUT2D eigenvalue weighted by atomic mass is 19.4. The van der Waals surface area contributed by atoms with Crippen LogP contribution in [0.2, 0.25) is 0 Å². The van der Waals surface area contributed by atoms with E-state index in [0.29, 0.717) is 24.8 Å². The van der Waals surface area contributed by atoms with Crippen LogP contribution >= 0.6 is 0 Å². The van der Waals surface area contributed by atoms with E-state index in [1.54, 1.807) is 25.1 Å². The van der Waals surface area contributed by atoms with E-state index in [4.69, 9.17) is 9.47 Å². The van der Waals surface area contributed by atoms with Crippen LogP contribution in [0.5, 0.6) is 0 Å². The molecule has 0 unspecified atom stereocenters. The molecule has 0 amide bonds.